The van der Waals surface area contributed by atoms with Gasteiger partial charge in [0.25, 0.3) is 5.91 Å². The summed E-state index contributed by atoms with van der Waals surface area (Å²) in [6.45, 7) is 4.11. The maximum atomic E-state index is 13.0. The van der Waals surface area contributed by atoms with E-state index in [0.717, 1.165) is 16.2 Å². The van der Waals surface area contributed by atoms with Gasteiger partial charge in [-0.05, 0) is 55.7 Å². The largest absolute Gasteiger partial charge is 0.497 e. The lowest BCUT2D eigenvalue weighted by atomic mass is 9.92. The number of carbonyl (C=O) groups is 3. The average molecular weight is 425 g/mol. The Bertz CT molecular complexity index is 943. The number of rotatable bonds is 9. The summed E-state index contributed by atoms with van der Waals surface area (Å²) in [6, 6.07) is 13.9. The Morgan fingerprint density at radius 3 is 2.32 bits per heavy atom. The average Bonchev–Trinajstić information content (AvgIpc) is 2.99. The van der Waals surface area contributed by atoms with E-state index in [-0.39, 0.29) is 6.54 Å². The van der Waals surface area contributed by atoms with Crippen LogP contribution in [0, 0.1) is 0 Å². The smallest absolute Gasteiger partial charge is 0.325 e. The molecule has 0 spiro atoms. The van der Waals surface area contributed by atoms with E-state index in [0.29, 0.717) is 30.9 Å². The lowest BCUT2D eigenvalue weighted by Crippen LogP contribution is -2.43. The summed E-state index contributed by atoms with van der Waals surface area (Å²) in [4.78, 5) is 38.6. The third kappa shape index (κ3) is 4.96. The molecule has 1 heterocycles. The monoisotopic (exact) mass is 425 g/mol. The highest BCUT2D eigenvalue weighted by atomic mass is 16.5. The number of hydrogen-bond donors (Lipinski definition) is 2. The van der Waals surface area contributed by atoms with Gasteiger partial charge in [-0.25, -0.2) is 4.79 Å². The SMILES string of the molecule is CCOc1ccc([C@@]2(C)NC(=O)N(CC(=O)NCCc3ccc(OC)cc3)C2=O)cc1. The molecule has 0 saturated carbocycles. The van der Waals surface area contributed by atoms with E-state index in [1.165, 1.54) is 0 Å². The first-order valence-corrected chi connectivity index (χ1v) is 10.1. The minimum atomic E-state index is -1.23. The van der Waals surface area contributed by atoms with Gasteiger partial charge in [-0.3, -0.25) is 14.5 Å². The van der Waals surface area contributed by atoms with Crippen molar-refractivity contribution in [3.8, 4) is 11.5 Å². The highest BCUT2D eigenvalue weighted by Gasteiger charge is 2.49. The van der Waals surface area contributed by atoms with Gasteiger partial charge in [-0.15, -0.1) is 0 Å². The third-order valence-electron chi connectivity index (χ3n) is 5.21. The molecule has 3 rings (SSSR count). The maximum Gasteiger partial charge on any atom is 0.325 e. The standard InChI is InChI=1S/C23H27N3O5/c1-4-31-19-11-7-17(8-12-19)23(2)21(28)26(22(29)25-23)15-20(27)24-14-13-16-5-9-18(30-3)10-6-16/h5-12H,4,13-15H2,1-3H3,(H,24,27)(H,25,29)/t23-/m1/s1. The molecular formula is C23H27N3O5. The van der Waals surface area contributed by atoms with Crippen LogP contribution in [0.3, 0.4) is 0 Å². The fourth-order valence-corrected chi connectivity index (χ4v) is 3.43. The van der Waals surface area contributed by atoms with Crippen molar-refractivity contribution in [3.05, 3.63) is 59.7 Å². The zero-order chi connectivity index (χ0) is 22.4. The molecule has 1 fully saturated rings. The maximum absolute atomic E-state index is 13.0. The fraction of sp³-hybridized carbons (Fsp3) is 0.348. The van der Waals surface area contributed by atoms with Gasteiger partial charge < -0.3 is 20.1 Å². The molecule has 0 radical (unpaired) electrons. The molecule has 1 atom stereocenters. The van der Waals surface area contributed by atoms with Gasteiger partial charge in [-0.1, -0.05) is 24.3 Å². The Morgan fingerprint density at radius 2 is 1.71 bits per heavy atom. The van der Waals surface area contributed by atoms with Gasteiger partial charge >= 0.3 is 6.03 Å². The lowest BCUT2D eigenvalue weighted by molar-refractivity contribution is -0.134. The van der Waals surface area contributed by atoms with E-state index >= 15 is 0 Å². The number of hydrogen-bond acceptors (Lipinski definition) is 5. The van der Waals surface area contributed by atoms with Crippen LogP contribution in [0.2, 0.25) is 0 Å². The van der Waals surface area contributed by atoms with Crippen LogP contribution in [0.5, 0.6) is 11.5 Å². The number of methoxy groups -OCH3 is 1. The van der Waals surface area contributed by atoms with Gasteiger partial charge in [0.15, 0.2) is 0 Å². The zero-order valence-electron chi connectivity index (χ0n) is 17.9. The summed E-state index contributed by atoms with van der Waals surface area (Å²) in [6.07, 6.45) is 0.625. The van der Waals surface area contributed by atoms with Crippen LogP contribution in [0.15, 0.2) is 48.5 Å². The number of nitrogens with one attached hydrogen (secondary N) is 2. The first-order chi connectivity index (χ1) is 14.9. The number of nitrogens with zero attached hydrogens (tertiary/aromatic N) is 1. The first-order valence-electron chi connectivity index (χ1n) is 10.1. The second kappa shape index (κ2) is 9.51. The number of benzene rings is 2. The van der Waals surface area contributed by atoms with Gasteiger partial charge in [0.1, 0.15) is 23.6 Å². The van der Waals surface area contributed by atoms with Crippen LogP contribution >= 0.6 is 0 Å². The molecule has 2 aromatic rings. The van der Waals surface area contributed by atoms with Crippen LogP contribution < -0.4 is 20.1 Å². The molecule has 31 heavy (non-hydrogen) atoms. The number of carbonyl (C=O) groups excluding carboxylic acids is 3. The molecule has 1 aliphatic rings. The Morgan fingerprint density at radius 1 is 1.06 bits per heavy atom. The number of urea groups is 1. The third-order valence-corrected chi connectivity index (χ3v) is 5.21. The van der Waals surface area contributed by atoms with E-state index in [4.69, 9.17) is 9.47 Å². The first kappa shape index (κ1) is 22.1. The molecule has 0 aliphatic carbocycles. The van der Waals surface area contributed by atoms with Crippen molar-refractivity contribution in [3.63, 3.8) is 0 Å². The number of ether oxygens (including phenoxy) is 2. The van der Waals surface area contributed by atoms with Gasteiger partial charge in [-0.2, -0.15) is 0 Å². The quantitative estimate of drug-likeness (QED) is 0.601. The zero-order valence-corrected chi connectivity index (χ0v) is 17.9. The van der Waals surface area contributed by atoms with Crippen LogP contribution in [0.4, 0.5) is 4.79 Å². The van der Waals surface area contributed by atoms with Crippen molar-refractivity contribution in [2.75, 3.05) is 26.8 Å². The molecule has 8 heteroatoms. The van der Waals surface area contributed by atoms with Gasteiger partial charge in [0, 0.05) is 6.54 Å². The number of amides is 4. The second-order valence-corrected chi connectivity index (χ2v) is 7.35. The van der Waals surface area contributed by atoms with Crippen molar-refractivity contribution in [2.45, 2.75) is 25.8 Å². The summed E-state index contributed by atoms with van der Waals surface area (Å²) >= 11 is 0. The molecule has 0 unspecified atom stereocenters. The van der Waals surface area contributed by atoms with Crippen LogP contribution in [0.25, 0.3) is 0 Å². The van der Waals surface area contributed by atoms with E-state index in [1.54, 1.807) is 38.3 Å². The Hall–Kier alpha value is -3.55. The molecule has 2 aromatic carbocycles. The predicted octanol–water partition coefficient (Wildman–Crippen LogP) is 2.22. The van der Waals surface area contributed by atoms with Crippen molar-refractivity contribution in [1.29, 1.82) is 0 Å². The van der Waals surface area contributed by atoms with Crippen molar-refractivity contribution in [2.24, 2.45) is 0 Å². The van der Waals surface area contributed by atoms with Crippen molar-refractivity contribution in [1.82, 2.24) is 15.5 Å². The summed E-state index contributed by atoms with van der Waals surface area (Å²) < 4.78 is 10.5. The molecule has 0 aromatic heterocycles. The van der Waals surface area contributed by atoms with Gasteiger partial charge in [0.2, 0.25) is 5.91 Å². The summed E-state index contributed by atoms with van der Waals surface area (Å²) in [5.41, 5.74) is 0.432. The molecule has 1 aliphatic heterocycles. The van der Waals surface area contributed by atoms with Gasteiger partial charge in [0.05, 0.1) is 13.7 Å². The normalized spacial score (nSPS) is 18.0. The lowest BCUT2D eigenvalue weighted by Gasteiger charge is -2.22. The summed E-state index contributed by atoms with van der Waals surface area (Å²) in [5.74, 6) is 0.585. The van der Waals surface area contributed by atoms with E-state index in [9.17, 15) is 14.4 Å². The Labute approximate surface area is 181 Å². The van der Waals surface area contributed by atoms with E-state index < -0.39 is 23.4 Å². The minimum absolute atomic E-state index is 0.333. The molecular weight excluding hydrogens is 398 g/mol. The van der Waals surface area contributed by atoms with E-state index in [1.807, 2.05) is 31.2 Å². The highest BCUT2D eigenvalue weighted by molar-refractivity contribution is 6.09. The van der Waals surface area contributed by atoms with Crippen molar-refractivity contribution < 1.29 is 23.9 Å². The Kier molecular flexibility index (Phi) is 6.79. The van der Waals surface area contributed by atoms with Crippen LogP contribution in [-0.2, 0) is 21.5 Å². The molecule has 2 N–H and O–H groups in total. The molecule has 1 saturated heterocycles. The Balaban J connectivity index is 1.56. The number of imide groups is 1. The topological polar surface area (TPSA) is 97.0 Å². The fourth-order valence-electron chi connectivity index (χ4n) is 3.43. The minimum Gasteiger partial charge on any atom is -0.497 e. The molecule has 0 bridgehead atoms. The van der Waals surface area contributed by atoms with Crippen LogP contribution in [-0.4, -0.2) is 49.6 Å². The second-order valence-electron chi connectivity index (χ2n) is 7.35. The summed E-state index contributed by atoms with van der Waals surface area (Å²) in [5, 5.41) is 5.46. The van der Waals surface area contributed by atoms with E-state index in [2.05, 4.69) is 10.6 Å². The van der Waals surface area contributed by atoms with Crippen molar-refractivity contribution >= 4 is 17.8 Å². The highest BCUT2D eigenvalue weighted by Crippen LogP contribution is 2.30. The molecule has 8 nitrogen and oxygen atoms in total. The predicted molar refractivity (Wildman–Crippen MR) is 115 cm³/mol. The molecule has 164 valence electrons. The summed E-state index contributed by atoms with van der Waals surface area (Å²) in [7, 11) is 1.60. The van der Waals surface area contributed by atoms with Crippen LogP contribution in [0.1, 0.15) is 25.0 Å². The molecule has 4 amide bonds.